The van der Waals surface area contributed by atoms with Crippen molar-refractivity contribution in [2.75, 3.05) is 6.54 Å². The standard InChI is InChI=1S/C21H20N4O3/c1-24-13-17(12-23-24)16-8-6-15(7-9-16)10-11-22-20(26)14-25-18-4-2-3-5-19(18)28-21(25)27/h2-9,12-13H,10-11,14H2,1H3,(H,22,26). The Balaban J connectivity index is 1.33. The Kier molecular flexibility index (Phi) is 4.80. The van der Waals surface area contributed by atoms with Crippen LogP contribution < -0.4 is 11.1 Å². The van der Waals surface area contributed by atoms with Gasteiger partial charge >= 0.3 is 5.76 Å². The number of hydrogen-bond donors (Lipinski definition) is 1. The van der Waals surface area contributed by atoms with E-state index in [-0.39, 0.29) is 12.5 Å². The van der Waals surface area contributed by atoms with Crippen LogP contribution in [0.2, 0.25) is 0 Å². The summed E-state index contributed by atoms with van der Waals surface area (Å²) in [7, 11) is 1.89. The summed E-state index contributed by atoms with van der Waals surface area (Å²) in [5, 5.41) is 7.04. The summed E-state index contributed by atoms with van der Waals surface area (Å²) in [6, 6.07) is 15.2. The van der Waals surface area contributed by atoms with Crippen molar-refractivity contribution in [3.63, 3.8) is 0 Å². The smallest absolute Gasteiger partial charge is 0.408 e. The highest BCUT2D eigenvalue weighted by Gasteiger charge is 2.11. The summed E-state index contributed by atoms with van der Waals surface area (Å²) < 4.78 is 8.26. The number of amides is 1. The van der Waals surface area contributed by atoms with Crippen molar-refractivity contribution in [3.05, 3.63) is 77.0 Å². The molecular weight excluding hydrogens is 356 g/mol. The van der Waals surface area contributed by atoms with E-state index in [9.17, 15) is 9.59 Å². The lowest BCUT2D eigenvalue weighted by Crippen LogP contribution is -2.32. The molecule has 28 heavy (non-hydrogen) atoms. The van der Waals surface area contributed by atoms with Gasteiger partial charge in [-0.05, 0) is 29.7 Å². The molecular formula is C21H20N4O3. The van der Waals surface area contributed by atoms with Crippen LogP contribution in [0.15, 0.2) is 70.1 Å². The van der Waals surface area contributed by atoms with E-state index in [4.69, 9.17) is 4.42 Å². The predicted octanol–water partition coefficient (Wildman–Crippen LogP) is 2.35. The number of oxazole rings is 1. The summed E-state index contributed by atoms with van der Waals surface area (Å²) in [4.78, 5) is 24.1. The fraction of sp³-hybridized carbons (Fsp3) is 0.190. The topological polar surface area (TPSA) is 82.1 Å². The van der Waals surface area contributed by atoms with Gasteiger partial charge in [-0.1, -0.05) is 36.4 Å². The number of hydrogen-bond acceptors (Lipinski definition) is 4. The normalized spacial score (nSPS) is 11.0. The van der Waals surface area contributed by atoms with Crippen molar-refractivity contribution in [2.24, 2.45) is 7.05 Å². The van der Waals surface area contributed by atoms with E-state index >= 15 is 0 Å². The van der Waals surface area contributed by atoms with Crippen molar-refractivity contribution < 1.29 is 9.21 Å². The van der Waals surface area contributed by atoms with Crippen LogP contribution in [0.1, 0.15) is 5.56 Å². The molecule has 7 nitrogen and oxygen atoms in total. The molecule has 0 unspecified atom stereocenters. The average Bonchev–Trinajstić information content (AvgIpc) is 3.26. The van der Waals surface area contributed by atoms with Gasteiger partial charge in [0.2, 0.25) is 5.91 Å². The molecule has 2 heterocycles. The largest absolute Gasteiger partial charge is 0.420 e. The number of rotatable bonds is 6. The molecule has 4 rings (SSSR count). The molecule has 0 saturated carbocycles. The zero-order chi connectivity index (χ0) is 19.5. The van der Waals surface area contributed by atoms with Gasteiger partial charge in [0.05, 0.1) is 11.7 Å². The molecule has 0 aliphatic rings. The fourth-order valence-corrected chi connectivity index (χ4v) is 3.14. The molecule has 1 N–H and O–H groups in total. The monoisotopic (exact) mass is 376 g/mol. The maximum atomic E-state index is 12.2. The Morgan fingerprint density at radius 1 is 1.11 bits per heavy atom. The Morgan fingerprint density at radius 3 is 2.64 bits per heavy atom. The molecule has 0 aliphatic carbocycles. The van der Waals surface area contributed by atoms with E-state index in [0.717, 1.165) is 16.7 Å². The summed E-state index contributed by atoms with van der Waals surface area (Å²) in [6.07, 6.45) is 4.51. The summed E-state index contributed by atoms with van der Waals surface area (Å²) >= 11 is 0. The second-order valence-corrected chi connectivity index (χ2v) is 6.62. The van der Waals surface area contributed by atoms with Gasteiger partial charge in [-0.15, -0.1) is 0 Å². The molecule has 0 saturated heterocycles. The second kappa shape index (κ2) is 7.56. The first kappa shape index (κ1) is 17.8. The summed E-state index contributed by atoms with van der Waals surface area (Å²) in [5.41, 5.74) is 4.40. The van der Waals surface area contributed by atoms with Crippen LogP contribution in [0, 0.1) is 0 Å². The van der Waals surface area contributed by atoms with E-state index in [0.29, 0.717) is 24.1 Å². The van der Waals surface area contributed by atoms with Gasteiger partial charge in [0, 0.05) is 25.4 Å². The molecule has 0 atom stereocenters. The fourth-order valence-electron chi connectivity index (χ4n) is 3.14. The second-order valence-electron chi connectivity index (χ2n) is 6.62. The van der Waals surface area contributed by atoms with Crippen LogP contribution in [-0.2, 0) is 24.8 Å². The lowest BCUT2D eigenvalue weighted by molar-refractivity contribution is -0.121. The number of aromatic nitrogens is 3. The molecule has 142 valence electrons. The number of para-hydroxylation sites is 2. The number of carbonyl (C=O) groups is 1. The van der Waals surface area contributed by atoms with Gasteiger partial charge in [0.1, 0.15) is 6.54 Å². The number of benzene rings is 2. The minimum atomic E-state index is -0.526. The van der Waals surface area contributed by atoms with E-state index < -0.39 is 5.76 Å². The third-order valence-corrected chi connectivity index (χ3v) is 4.60. The molecule has 2 aromatic heterocycles. The third-order valence-electron chi connectivity index (χ3n) is 4.60. The van der Waals surface area contributed by atoms with Gasteiger partial charge in [-0.3, -0.25) is 14.0 Å². The SMILES string of the molecule is Cn1cc(-c2ccc(CCNC(=O)Cn3c(=O)oc4ccccc43)cc2)cn1. The lowest BCUT2D eigenvalue weighted by atomic mass is 10.1. The van der Waals surface area contributed by atoms with E-state index in [2.05, 4.69) is 10.4 Å². The molecule has 1 amide bonds. The van der Waals surface area contributed by atoms with Crippen LogP contribution >= 0.6 is 0 Å². The van der Waals surface area contributed by atoms with Gasteiger partial charge in [-0.25, -0.2) is 4.79 Å². The van der Waals surface area contributed by atoms with Crippen molar-refractivity contribution in [3.8, 4) is 11.1 Å². The summed E-state index contributed by atoms with van der Waals surface area (Å²) in [5.74, 6) is -0.747. The Labute approximate surface area is 161 Å². The molecule has 0 fully saturated rings. The van der Waals surface area contributed by atoms with Crippen molar-refractivity contribution in [2.45, 2.75) is 13.0 Å². The summed E-state index contributed by atoms with van der Waals surface area (Å²) in [6.45, 7) is 0.436. The van der Waals surface area contributed by atoms with Crippen LogP contribution in [0.4, 0.5) is 0 Å². The van der Waals surface area contributed by atoms with Crippen LogP contribution in [0.5, 0.6) is 0 Å². The zero-order valence-corrected chi connectivity index (χ0v) is 15.5. The van der Waals surface area contributed by atoms with Crippen molar-refractivity contribution >= 4 is 17.0 Å². The van der Waals surface area contributed by atoms with Crippen molar-refractivity contribution in [1.29, 1.82) is 0 Å². The van der Waals surface area contributed by atoms with Gasteiger partial charge in [-0.2, -0.15) is 5.10 Å². The zero-order valence-electron chi connectivity index (χ0n) is 15.5. The average molecular weight is 376 g/mol. The number of fused-ring (bicyclic) bond motifs is 1. The van der Waals surface area contributed by atoms with Crippen molar-refractivity contribution in [1.82, 2.24) is 19.7 Å². The first-order chi connectivity index (χ1) is 13.6. The Hall–Kier alpha value is -3.61. The van der Waals surface area contributed by atoms with E-state index in [1.165, 1.54) is 4.57 Å². The van der Waals surface area contributed by atoms with E-state index in [1.807, 2.05) is 43.7 Å². The molecule has 4 aromatic rings. The van der Waals surface area contributed by atoms with Gasteiger partial charge in [0.25, 0.3) is 0 Å². The highest BCUT2D eigenvalue weighted by atomic mass is 16.4. The molecule has 0 aliphatic heterocycles. The number of nitrogens with zero attached hydrogens (tertiary/aromatic N) is 3. The number of aryl methyl sites for hydroxylation is 1. The minimum Gasteiger partial charge on any atom is -0.408 e. The minimum absolute atomic E-state index is 0.0597. The quantitative estimate of drug-likeness (QED) is 0.560. The molecule has 0 bridgehead atoms. The van der Waals surface area contributed by atoms with Crippen LogP contribution in [-0.4, -0.2) is 26.8 Å². The maximum absolute atomic E-state index is 12.2. The van der Waals surface area contributed by atoms with E-state index in [1.54, 1.807) is 28.9 Å². The Morgan fingerprint density at radius 2 is 1.89 bits per heavy atom. The molecule has 0 spiro atoms. The van der Waals surface area contributed by atoms with Gasteiger partial charge < -0.3 is 9.73 Å². The maximum Gasteiger partial charge on any atom is 0.420 e. The third kappa shape index (κ3) is 3.73. The molecule has 7 heteroatoms. The predicted molar refractivity (Wildman–Crippen MR) is 106 cm³/mol. The molecule has 0 radical (unpaired) electrons. The molecule has 2 aromatic carbocycles. The Bertz CT molecular complexity index is 1170. The first-order valence-electron chi connectivity index (χ1n) is 9.03. The number of carbonyl (C=O) groups excluding carboxylic acids is 1. The van der Waals surface area contributed by atoms with Gasteiger partial charge in [0.15, 0.2) is 5.58 Å². The number of nitrogens with one attached hydrogen (secondary N) is 1. The lowest BCUT2D eigenvalue weighted by Gasteiger charge is -2.07. The highest BCUT2D eigenvalue weighted by Crippen LogP contribution is 2.18. The highest BCUT2D eigenvalue weighted by molar-refractivity contribution is 5.79. The first-order valence-corrected chi connectivity index (χ1v) is 9.03. The van der Waals surface area contributed by atoms with Crippen LogP contribution in [0.25, 0.3) is 22.2 Å². The van der Waals surface area contributed by atoms with Crippen LogP contribution in [0.3, 0.4) is 0 Å².